The molecule has 2 rings (SSSR count). The van der Waals surface area contributed by atoms with E-state index in [1.807, 2.05) is 20.8 Å². The van der Waals surface area contributed by atoms with Crippen LogP contribution < -0.4 is 0 Å². The molecule has 1 fully saturated rings. The van der Waals surface area contributed by atoms with Crippen LogP contribution in [0.25, 0.3) is 0 Å². The maximum absolute atomic E-state index is 11.9. The van der Waals surface area contributed by atoms with E-state index in [4.69, 9.17) is 9.47 Å². The second-order valence-corrected chi connectivity index (χ2v) is 6.39. The zero-order valence-electron chi connectivity index (χ0n) is 13.0. The minimum Gasteiger partial charge on any atom is -0.461 e. The molecule has 1 heterocycles. The number of esters is 1. The number of carbonyl (C=O) groups is 1. The van der Waals surface area contributed by atoms with E-state index in [2.05, 4.69) is 38.1 Å². The van der Waals surface area contributed by atoms with E-state index in [-0.39, 0.29) is 12.1 Å². The second-order valence-electron chi connectivity index (χ2n) is 6.39. The number of carbonyl (C=O) groups excluding carboxylic acids is 1. The maximum atomic E-state index is 11.9. The first-order valence-electron chi connectivity index (χ1n) is 7.30. The highest BCUT2D eigenvalue weighted by Crippen LogP contribution is 2.46. The van der Waals surface area contributed by atoms with Crippen molar-refractivity contribution >= 4 is 5.97 Å². The Morgan fingerprint density at radius 2 is 1.85 bits per heavy atom. The van der Waals surface area contributed by atoms with Gasteiger partial charge in [-0.2, -0.15) is 0 Å². The van der Waals surface area contributed by atoms with Crippen molar-refractivity contribution in [1.29, 1.82) is 0 Å². The van der Waals surface area contributed by atoms with Crippen LogP contribution in [0, 0.1) is 5.92 Å². The lowest BCUT2D eigenvalue weighted by Gasteiger charge is -2.10. The first kappa shape index (κ1) is 15.0. The lowest BCUT2D eigenvalue weighted by Crippen LogP contribution is -2.21. The predicted molar refractivity (Wildman–Crippen MR) is 78.4 cm³/mol. The lowest BCUT2D eigenvalue weighted by molar-refractivity contribution is -0.148. The van der Waals surface area contributed by atoms with E-state index in [0.29, 0.717) is 5.92 Å². The van der Waals surface area contributed by atoms with Crippen molar-refractivity contribution in [2.45, 2.75) is 58.8 Å². The third kappa shape index (κ3) is 3.21. The third-order valence-corrected chi connectivity index (χ3v) is 3.54. The van der Waals surface area contributed by atoms with Crippen LogP contribution in [0.2, 0.25) is 0 Å². The van der Waals surface area contributed by atoms with Crippen LogP contribution >= 0.6 is 0 Å². The third-order valence-electron chi connectivity index (χ3n) is 3.54. The Hall–Kier alpha value is -1.35. The minimum absolute atomic E-state index is 0.107. The Morgan fingerprint density at radius 1 is 1.25 bits per heavy atom. The number of rotatable bonds is 5. The fourth-order valence-corrected chi connectivity index (χ4v) is 2.44. The molecule has 0 aliphatic carbocycles. The molecule has 3 nitrogen and oxygen atoms in total. The Balaban J connectivity index is 2.04. The van der Waals surface area contributed by atoms with Crippen molar-refractivity contribution in [1.82, 2.24) is 0 Å². The largest absolute Gasteiger partial charge is 0.461 e. The molecule has 2 unspecified atom stereocenters. The standard InChI is InChI=1S/C17H24O3/c1-11(2)10-13-6-8-14(9-7-13)17(5)15(20-17)16(18)19-12(3)4/h6-9,11-12,15H,10H2,1-5H3. The first-order valence-corrected chi connectivity index (χ1v) is 7.30. The van der Waals surface area contributed by atoms with Gasteiger partial charge < -0.3 is 9.47 Å². The van der Waals surface area contributed by atoms with Crippen molar-refractivity contribution in [3.05, 3.63) is 35.4 Å². The van der Waals surface area contributed by atoms with Gasteiger partial charge in [0.25, 0.3) is 0 Å². The fraction of sp³-hybridized carbons (Fsp3) is 0.588. The van der Waals surface area contributed by atoms with Crippen molar-refractivity contribution in [2.24, 2.45) is 5.92 Å². The highest BCUT2D eigenvalue weighted by atomic mass is 16.7. The molecule has 1 aliphatic heterocycles. The maximum Gasteiger partial charge on any atom is 0.338 e. The molecule has 0 aromatic heterocycles. The SMILES string of the molecule is CC(C)Cc1ccc(C2(C)OC2C(=O)OC(C)C)cc1. The molecule has 3 heteroatoms. The Labute approximate surface area is 121 Å². The van der Waals surface area contributed by atoms with Gasteiger partial charge >= 0.3 is 5.97 Å². The lowest BCUT2D eigenvalue weighted by atomic mass is 9.94. The molecule has 0 N–H and O–H groups in total. The summed E-state index contributed by atoms with van der Waals surface area (Å²) >= 11 is 0. The number of hydrogen-bond donors (Lipinski definition) is 0. The molecule has 1 aromatic rings. The fourth-order valence-electron chi connectivity index (χ4n) is 2.44. The quantitative estimate of drug-likeness (QED) is 0.611. The summed E-state index contributed by atoms with van der Waals surface area (Å²) in [6.45, 7) is 10.0. The van der Waals surface area contributed by atoms with Gasteiger partial charge in [0.2, 0.25) is 0 Å². The number of hydrogen-bond acceptors (Lipinski definition) is 3. The predicted octanol–water partition coefficient (Wildman–Crippen LogP) is 3.45. The molecule has 2 atom stereocenters. The molecule has 1 aromatic carbocycles. The summed E-state index contributed by atoms with van der Waals surface area (Å²) in [5, 5.41) is 0. The van der Waals surface area contributed by atoms with Gasteiger partial charge in [0.15, 0.2) is 6.10 Å². The minimum atomic E-state index is -0.525. The molecule has 0 spiro atoms. The van der Waals surface area contributed by atoms with Gasteiger partial charge in [0.05, 0.1) is 6.10 Å². The van der Waals surface area contributed by atoms with Crippen LogP contribution in [0.5, 0.6) is 0 Å². The number of benzene rings is 1. The summed E-state index contributed by atoms with van der Waals surface area (Å²) in [6, 6.07) is 8.35. The van der Waals surface area contributed by atoms with Crippen molar-refractivity contribution in [2.75, 3.05) is 0 Å². The van der Waals surface area contributed by atoms with Gasteiger partial charge in [-0.25, -0.2) is 4.79 Å². The zero-order chi connectivity index (χ0) is 14.9. The van der Waals surface area contributed by atoms with E-state index in [9.17, 15) is 4.79 Å². The monoisotopic (exact) mass is 276 g/mol. The molecule has 0 bridgehead atoms. The average molecular weight is 276 g/mol. The summed E-state index contributed by atoms with van der Waals surface area (Å²) in [4.78, 5) is 11.9. The summed E-state index contributed by atoms with van der Waals surface area (Å²) in [7, 11) is 0. The number of ether oxygens (including phenoxy) is 2. The van der Waals surface area contributed by atoms with Gasteiger partial charge in [0.1, 0.15) is 5.60 Å². The van der Waals surface area contributed by atoms with E-state index in [1.54, 1.807) is 0 Å². The van der Waals surface area contributed by atoms with Crippen molar-refractivity contribution in [3.63, 3.8) is 0 Å². The Kier molecular flexibility index (Phi) is 4.19. The van der Waals surface area contributed by atoms with E-state index < -0.39 is 11.7 Å². The highest BCUT2D eigenvalue weighted by Gasteiger charge is 2.59. The van der Waals surface area contributed by atoms with Gasteiger partial charge in [-0.1, -0.05) is 38.1 Å². The van der Waals surface area contributed by atoms with Gasteiger partial charge in [-0.15, -0.1) is 0 Å². The summed E-state index contributed by atoms with van der Waals surface area (Å²) in [5.74, 6) is 0.371. The van der Waals surface area contributed by atoms with E-state index in [0.717, 1.165) is 12.0 Å². The molecular formula is C17H24O3. The Morgan fingerprint density at radius 3 is 2.35 bits per heavy atom. The average Bonchev–Trinajstić information content (AvgIpc) is 3.02. The van der Waals surface area contributed by atoms with Crippen molar-refractivity contribution in [3.8, 4) is 0 Å². The van der Waals surface area contributed by atoms with Crippen LogP contribution in [0.3, 0.4) is 0 Å². The molecule has 0 amide bonds. The van der Waals surface area contributed by atoms with Gasteiger partial charge in [-0.05, 0) is 44.2 Å². The van der Waals surface area contributed by atoms with Crippen LogP contribution in [-0.2, 0) is 26.3 Å². The first-order chi connectivity index (χ1) is 9.33. The van der Waals surface area contributed by atoms with Crippen LogP contribution in [0.15, 0.2) is 24.3 Å². The molecule has 1 aliphatic rings. The van der Waals surface area contributed by atoms with Crippen LogP contribution in [0.1, 0.15) is 45.7 Å². The second kappa shape index (κ2) is 5.57. The molecule has 0 radical (unpaired) electrons. The number of epoxide rings is 1. The molecule has 20 heavy (non-hydrogen) atoms. The van der Waals surface area contributed by atoms with Crippen molar-refractivity contribution < 1.29 is 14.3 Å². The zero-order valence-corrected chi connectivity index (χ0v) is 13.0. The summed E-state index contributed by atoms with van der Waals surface area (Å²) < 4.78 is 10.8. The molecule has 110 valence electrons. The van der Waals surface area contributed by atoms with Gasteiger partial charge in [0, 0.05) is 0 Å². The molecule has 0 saturated carbocycles. The van der Waals surface area contributed by atoms with Gasteiger partial charge in [-0.3, -0.25) is 0 Å². The Bertz CT molecular complexity index is 476. The summed E-state index contributed by atoms with van der Waals surface area (Å²) in [5.41, 5.74) is 1.83. The van der Waals surface area contributed by atoms with Crippen LogP contribution in [0.4, 0.5) is 0 Å². The molecular weight excluding hydrogens is 252 g/mol. The molecule has 1 saturated heterocycles. The summed E-state index contributed by atoms with van der Waals surface area (Å²) in [6.07, 6.45) is 0.488. The highest BCUT2D eigenvalue weighted by molar-refractivity contribution is 5.80. The normalized spacial score (nSPS) is 25.1. The van der Waals surface area contributed by atoms with E-state index in [1.165, 1.54) is 5.56 Å². The smallest absolute Gasteiger partial charge is 0.338 e. The van der Waals surface area contributed by atoms with E-state index >= 15 is 0 Å². The topological polar surface area (TPSA) is 38.8 Å². The van der Waals surface area contributed by atoms with Crippen LogP contribution in [-0.4, -0.2) is 18.2 Å².